The average Bonchev–Trinajstić information content (AvgIpc) is 2.59. The number of ether oxygens (including phenoxy) is 1. The first kappa shape index (κ1) is 18.4. The van der Waals surface area contributed by atoms with Crippen LogP contribution in [0.4, 0.5) is 20.6 Å². The Morgan fingerprint density at radius 1 is 1.04 bits per heavy atom. The topological polar surface area (TPSA) is 79.5 Å². The maximum Gasteiger partial charge on any atom is 0.319 e. The Bertz CT molecular complexity index is 720. The Balaban J connectivity index is 1.84. The zero-order valence-electron chi connectivity index (χ0n) is 13.8. The molecule has 6 nitrogen and oxygen atoms in total. The van der Waals surface area contributed by atoms with Gasteiger partial charge >= 0.3 is 6.03 Å². The molecule has 0 spiro atoms. The van der Waals surface area contributed by atoms with Crippen LogP contribution in [0.2, 0.25) is 0 Å². The van der Waals surface area contributed by atoms with Gasteiger partial charge in [-0.2, -0.15) is 0 Å². The number of benzene rings is 2. The Morgan fingerprint density at radius 2 is 1.76 bits per heavy atom. The van der Waals surface area contributed by atoms with Crippen LogP contribution in [0, 0.1) is 5.82 Å². The van der Waals surface area contributed by atoms with Gasteiger partial charge in [0.15, 0.2) is 0 Å². The summed E-state index contributed by atoms with van der Waals surface area (Å²) in [6.07, 6.45) is 0.106. The molecule has 0 aromatic heterocycles. The number of carbonyl (C=O) groups is 2. The van der Waals surface area contributed by atoms with Crippen molar-refractivity contribution in [1.29, 1.82) is 0 Å². The summed E-state index contributed by atoms with van der Waals surface area (Å²) in [5.41, 5.74) is 1.51. The van der Waals surface area contributed by atoms with Crippen LogP contribution in [-0.2, 0) is 16.0 Å². The van der Waals surface area contributed by atoms with Crippen molar-refractivity contribution in [3.63, 3.8) is 0 Å². The summed E-state index contributed by atoms with van der Waals surface area (Å²) >= 11 is 0. The van der Waals surface area contributed by atoms with Crippen LogP contribution < -0.4 is 16.0 Å². The zero-order valence-corrected chi connectivity index (χ0v) is 13.8. The summed E-state index contributed by atoms with van der Waals surface area (Å²) in [7, 11) is 1.56. The van der Waals surface area contributed by atoms with Crippen LogP contribution in [-0.4, -0.2) is 32.2 Å². The lowest BCUT2D eigenvalue weighted by atomic mass is 10.1. The van der Waals surface area contributed by atoms with Crippen molar-refractivity contribution in [3.8, 4) is 0 Å². The van der Waals surface area contributed by atoms with Gasteiger partial charge in [0.2, 0.25) is 5.91 Å². The van der Waals surface area contributed by atoms with E-state index in [0.717, 1.165) is 5.56 Å². The van der Waals surface area contributed by atoms with Crippen molar-refractivity contribution in [2.75, 3.05) is 30.9 Å². The Hall–Kier alpha value is -2.93. The molecule has 25 heavy (non-hydrogen) atoms. The van der Waals surface area contributed by atoms with E-state index in [1.165, 1.54) is 12.1 Å². The number of methoxy groups -OCH3 is 1. The lowest BCUT2D eigenvalue weighted by Crippen LogP contribution is -2.31. The van der Waals surface area contributed by atoms with Gasteiger partial charge in [0.05, 0.1) is 18.7 Å². The van der Waals surface area contributed by atoms with E-state index in [9.17, 15) is 14.0 Å². The van der Waals surface area contributed by atoms with E-state index >= 15 is 0 Å². The van der Waals surface area contributed by atoms with Crippen LogP contribution >= 0.6 is 0 Å². The monoisotopic (exact) mass is 345 g/mol. The SMILES string of the molecule is COCCNC(=O)Nc1ccc(CC(=O)Nc2ccccc2F)cc1. The predicted molar refractivity (Wildman–Crippen MR) is 94.1 cm³/mol. The molecule has 0 aliphatic carbocycles. The molecule has 7 heteroatoms. The third-order valence-electron chi connectivity index (χ3n) is 3.32. The van der Waals surface area contributed by atoms with Gasteiger partial charge in [-0.05, 0) is 29.8 Å². The van der Waals surface area contributed by atoms with E-state index in [0.29, 0.717) is 18.8 Å². The molecule has 2 aromatic rings. The molecular formula is C18H20FN3O3. The second kappa shape index (κ2) is 9.39. The number of anilines is 2. The summed E-state index contributed by atoms with van der Waals surface area (Å²) in [6, 6.07) is 12.5. The lowest BCUT2D eigenvalue weighted by Gasteiger charge is -2.09. The second-order valence-corrected chi connectivity index (χ2v) is 5.28. The van der Waals surface area contributed by atoms with E-state index in [4.69, 9.17) is 4.74 Å². The highest BCUT2D eigenvalue weighted by Gasteiger charge is 2.08. The van der Waals surface area contributed by atoms with E-state index in [1.54, 1.807) is 43.5 Å². The smallest absolute Gasteiger partial charge is 0.319 e. The number of rotatable bonds is 7. The first-order valence-electron chi connectivity index (χ1n) is 7.75. The molecular weight excluding hydrogens is 325 g/mol. The van der Waals surface area contributed by atoms with Gasteiger partial charge in [-0.1, -0.05) is 24.3 Å². The van der Waals surface area contributed by atoms with Gasteiger partial charge < -0.3 is 20.7 Å². The molecule has 2 aromatic carbocycles. The van der Waals surface area contributed by atoms with Crippen molar-refractivity contribution < 1.29 is 18.7 Å². The van der Waals surface area contributed by atoms with E-state index in [1.807, 2.05) is 0 Å². The fourth-order valence-corrected chi connectivity index (χ4v) is 2.09. The molecule has 0 saturated carbocycles. The molecule has 3 N–H and O–H groups in total. The van der Waals surface area contributed by atoms with E-state index in [2.05, 4.69) is 16.0 Å². The number of hydrogen-bond donors (Lipinski definition) is 3. The number of urea groups is 1. The van der Waals surface area contributed by atoms with E-state index < -0.39 is 5.82 Å². The standard InChI is InChI=1S/C18H20FN3O3/c1-25-11-10-20-18(24)21-14-8-6-13(7-9-14)12-17(23)22-16-5-3-2-4-15(16)19/h2-9H,10-12H2,1H3,(H,22,23)(H2,20,21,24). The minimum Gasteiger partial charge on any atom is -0.383 e. The molecule has 0 atom stereocenters. The molecule has 0 aliphatic rings. The summed E-state index contributed by atoms with van der Waals surface area (Å²) in [4.78, 5) is 23.6. The predicted octanol–water partition coefficient (Wildman–Crippen LogP) is 2.77. The maximum atomic E-state index is 13.5. The minimum absolute atomic E-state index is 0.106. The van der Waals surface area contributed by atoms with Gasteiger partial charge in [0.1, 0.15) is 5.82 Å². The zero-order chi connectivity index (χ0) is 18.1. The number of amides is 3. The normalized spacial score (nSPS) is 10.2. The number of para-hydroxylation sites is 1. The average molecular weight is 345 g/mol. The van der Waals surface area contributed by atoms with Crippen molar-refractivity contribution >= 4 is 23.3 Å². The van der Waals surface area contributed by atoms with Crippen molar-refractivity contribution in [2.45, 2.75) is 6.42 Å². The largest absolute Gasteiger partial charge is 0.383 e. The molecule has 0 saturated heterocycles. The molecule has 0 unspecified atom stereocenters. The molecule has 2 rings (SSSR count). The number of carbonyl (C=O) groups excluding carboxylic acids is 2. The third-order valence-corrected chi connectivity index (χ3v) is 3.32. The van der Waals surface area contributed by atoms with Gasteiger partial charge in [0, 0.05) is 19.3 Å². The molecule has 0 aliphatic heterocycles. The molecule has 0 radical (unpaired) electrons. The van der Waals surface area contributed by atoms with Crippen molar-refractivity contribution in [2.24, 2.45) is 0 Å². The minimum atomic E-state index is -0.477. The van der Waals surface area contributed by atoms with Gasteiger partial charge in [-0.15, -0.1) is 0 Å². The van der Waals surface area contributed by atoms with Crippen LogP contribution in [0.3, 0.4) is 0 Å². The van der Waals surface area contributed by atoms with Crippen LogP contribution in [0.1, 0.15) is 5.56 Å². The van der Waals surface area contributed by atoms with Crippen LogP contribution in [0.15, 0.2) is 48.5 Å². The van der Waals surface area contributed by atoms with Crippen molar-refractivity contribution in [1.82, 2.24) is 5.32 Å². The number of nitrogens with one attached hydrogen (secondary N) is 3. The second-order valence-electron chi connectivity index (χ2n) is 5.28. The van der Waals surface area contributed by atoms with Crippen LogP contribution in [0.25, 0.3) is 0 Å². The molecule has 0 bridgehead atoms. The Morgan fingerprint density at radius 3 is 2.44 bits per heavy atom. The summed E-state index contributed by atoms with van der Waals surface area (Å²) in [6.45, 7) is 0.847. The van der Waals surface area contributed by atoms with Gasteiger partial charge in [0.25, 0.3) is 0 Å². The molecule has 132 valence electrons. The highest BCUT2D eigenvalue weighted by atomic mass is 19.1. The summed E-state index contributed by atoms with van der Waals surface area (Å²) in [5.74, 6) is -0.794. The lowest BCUT2D eigenvalue weighted by molar-refractivity contribution is -0.115. The first-order valence-corrected chi connectivity index (χ1v) is 7.75. The van der Waals surface area contributed by atoms with E-state index in [-0.39, 0.29) is 24.0 Å². The fraction of sp³-hybridized carbons (Fsp3) is 0.222. The quantitative estimate of drug-likeness (QED) is 0.675. The summed E-state index contributed by atoms with van der Waals surface area (Å²) in [5, 5.41) is 7.84. The number of hydrogen-bond acceptors (Lipinski definition) is 3. The molecule has 3 amide bonds. The highest BCUT2D eigenvalue weighted by Crippen LogP contribution is 2.14. The van der Waals surface area contributed by atoms with Crippen molar-refractivity contribution in [3.05, 3.63) is 59.9 Å². The summed E-state index contributed by atoms with van der Waals surface area (Å²) < 4.78 is 18.3. The first-order chi connectivity index (χ1) is 12.1. The maximum absolute atomic E-state index is 13.5. The fourth-order valence-electron chi connectivity index (χ4n) is 2.09. The molecule has 0 fully saturated rings. The Labute approximate surface area is 145 Å². The Kier molecular flexibility index (Phi) is 6.91. The number of halogens is 1. The van der Waals surface area contributed by atoms with Crippen LogP contribution in [0.5, 0.6) is 0 Å². The third kappa shape index (κ3) is 6.23. The van der Waals surface area contributed by atoms with Gasteiger partial charge in [-0.25, -0.2) is 9.18 Å². The van der Waals surface area contributed by atoms with Gasteiger partial charge in [-0.3, -0.25) is 4.79 Å². The highest BCUT2D eigenvalue weighted by molar-refractivity contribution is 5.92. The molecule has 0 heterocycles.